The van der Waals surface area contributed by atoms with E-state index >= 15 is 0 Å². The fourth-order valence-electron chi connectivity index (χ4n) is 3.03. The first-order chi connectivity index (χ1) is 7.33. The molecule has 0 aromatic heterocycles. The first-order valence-corrected chi connectivity index (χ1v) is 6.31. The normalized spacial score (nSPS) is 46.4. The lowest BCUT2D eigenvalue weighted by Crippen LogP contribution is -2.42. The van der Waals surface area contributed by atoms with Crippen LogP contribution in [0.5, 0.6) is 0 Å². The zero-order chi connectivity index (χ0) is 10.2. The molecule has 0 aromatic rings. The van der Waals surface area contributed by atoms with Gasteiger partial charge in [0.1, 0.15) is 0 Å². The first-order valence-electron chi connectivity index (χ1n) is 6.31. The minimum Gasteiger partial charge on any atom is -0.350 e. The molecule has 2 spiro atoms. The maximum atomic E-state index is 6.17. The van der Waals surface area contributed by atoms with Crippen LogP contribution in [0.3, 0.4) is 0 Å². The fraction of sp³-hybridized carbons (Fsp3) is 1.00. The highest BCUT2D eigenvalue weighted by Crippen LogP contribution is 2.47. The maximum Gasteiger partial charge on any atom is 0.171 e. The summed E-state index contributed by atoms with van der Waals surface area (Å²) in [4.78, 5) is 0. The van der Waals surface area contributed by atoms with Gasteiger partial charge in [0.25, 0.3) is 0 Å². The number of rotatable bonds is 0. The van der Waals surface area contributed by atoms with Crippen LogP contribution in [-0.4, -0.2) is 24.8 Å². The molecule has 3 saturated heterocycles. The molecule has 0 unspecified atom stereocenters. The minimum absolute atomic E-state index is 0.282. The van der Waals surface area contributed by atoms with Crippen molar-refractivity contribution in [2.45, 2.75) is 62.9 Å². The van der Waals surface area contributed by atoms with Gasteiger partial charge in [-0.05, 0) is 25.7 Å². The van der Waals surface area contributed by atoms with Crippen LogP contribution in [-0.2, 0) is 14.2 Å². The van der Waals surface area contributed by atoms with Crippen molar-refractivity contribution in [3.05, 3.63) is 0 Å². The molecule has 3 heteroatoms. The van der Waals surface area contributed by atoms with E-state index in [2.05, 4.69) is 0 Å². The van der Waals surface area contributed by atoms with E-state index in [9.17, 15) is 0 Å². The van der Waals surface area contributed by atoms with Crippen LogP contribution < -0.4 is 0 Å². The molecular formula is C12H20O3. The second kappa shape index (κ2) is 3.72. The molecule has 0 saturated carbocycles. The Hall–Kier alpha value is -0.120. The van der Waals surface area contributed by atoms with Crippen molar-refractivity contribution in [1.29, 1.82) is 0 Å². The van der Waals surface area contributed by atoms with Gasteiger partial charge in [0, 0.05) is 25.7 Å². The van der Waals surface area contributed by atoms with E-state index in [0.717, 1.165) is 38.9 Å². The highest BCUT2D eigenvalue weighted by molar-refractivity contribution is 4.89. The summed E-state index contributed by atoms with van der Waals surface area (Å²) in [6.45, 7) is 1.71. The Balaban J connectivity index is 1.70. The van der Waals surface area contributed by atoms with Gasteiger partial charge in [-0.3, -0.25) is 0 Å². The molecule has 0 N–H and O–H groups in total. The molecule has 86 valence electrons. The second-order valence-corrected chi connectivity index (χ2v) is 5.03. The molecule has 3 fully saturated rings. The molecule has 0 bridgehead atoms. The van der Waals surface area contributed by atoms with Crippen molar-refractivity contribution in [3.8, 4) is 0 Å². The third kappa shape index (κ3) is 1.81. The molecule has 0 aromatic carbocycles. The highest BCUT2D eigenvalue weighted by Gasteiger charge is 2.51. The molecule has 2 atom stereocenters. The Morgan fingerprint density at radius 3 is 1.53 bits per heavy atom. The Morgan fingerprint density at radius 1 is 0.600 bits per heavy atom. The van der Waals surface area contributed by atoms with E-state index in [0.29, 0.717) is 0 Å². The van der Waals surface area contributed by atoms with Crippen LogP contribution in [0.25, 0.3) is 0 Å². The summed E-state index contributed by atoms with van der Waals surface area (Å²) in [6.07, 6.45) is 8.97. The van der Waals surface area contributed by atoms with Crippen molar-refractivity contribution in [1.82, 2.24) is 0 Å². The molecule has 3 heterocycles. The van der Waals surface area contributed by atoms with E-state index in [4.69, 9.17) is 14.2 Å². The zero-order valence-corrected chi connectivity index (χ0v) is 9.30. The fourth-order valence-corrected chi connectivity index (χ4v) is 3.03. The topological polar surface area (TPSA) is 27.7 Å². The molecule has 0 radical (unpaired) electrons. The molecular weight excluding hydrogens is 192 g/mol. The summed E-state index contributed by atoms with van der Waals surface area (Å²) in [6, 6.07) is 0. The SMILES string of the molecule is C1CC[C@]2(CC[C@@]3(CCCCO3)O2)OC1. The third-order valence-corrected chi connectivity index (χ3v) is 3.89. The average Bonchev–Trinajstić information content (AvgIpc) is 2.60. The molecule has 0 aliphatic carbocycles. The van der Waals surface area contributed by atoms with Gasteiger partial charge in [-0.15, -0.1) is 0 Å². The van der Waals surface area contributed by atoms with Crippen LogP contribution in [0.4, 0.5) is 0 Å². The van der Waals surface area contributed by atoms with E-state index in [1.54, 1.807) is 0 Å². The molecule has 3 aliphatic rings. The second-order valence-electron chi connectivity index (χ2n) is 5.03. The summed E-state index contributed by atoms with van der Waals surface area (Å²) < 4.78 is 17.9. The Morgan fingerprint density at radius 2 is 1.13 bits per heavy atom. The van der Waals surface area contributed by atoms with Crippen LogP contribution in [0.1, 0.15) is 51.4 Å². The minimum atomic E-state index is -0.282. The summed E-state index contributed by atoms with van der Waals surface area (Å²) in [7, 11) is 0. The van der Waals surface area contributed by atoms with Crippen molar-refractivity contribution < 1.29 is 14.2 Å². The van der Waals surface area contributed by atoms with Gasteiger partial charge < -0.3 is 14.2 Å². The van der Waals surface area contributed by atoms with Gasteiger partial charge >= 0.3 is 0 Å². The van der Waals surface area contributed by atoms with Crippen LogP contribution in [0.15, 0.2) is 0 Å². The molecule has 3 rings (SSSR count). The first kappa shape index (κ1) is 10.1. The molecule has 0 amide bonds. The lowest BCUT2D eigenvalue weighted by atomic mass is 9.99. The van der Waals surface area contributed by atoms with E-state index < -0.39 is 0 Å². The van der Waals surface area contributed by atoms with E-state index in [1.165, 1.54) is 25.7 Å². The predicted octanol–water partition coefficient (Wildman–Crippen LogP) is 2.59. The lowest BCUT2D eigenvalue weighted by molar-refractivity contribution is -0.337. The van der Waals surface area contributed by atoms with Crippen LogP contribution in [0.2, 0.25) is 0 Å². The maximum absolute atomic E-state index is 6.17. The molecule has 3 aliphatic heterocycles. The monoisotopic (exact) mass is 212 g/mol. The smallest absolute Gasteiger partial charge is 0.171 e. The largest absolute Gasteiger partial charge is 0.350 e. The van der Waals surface area contributed by atoms with Crippen molar-refractivity contribution >= 4 is 0 Å². The van der Waals surface area contributed by atoms with Crippen molar-refractivity contribution in [2.75, 3.05) is 13.2 Å². The number of hydrogen-bond donors (Lipinski definition) is 0. The third-order valence-electron chi connectivity index (χ3n) is 3.89. The summed E-state index contributed by atoms with van der Waals surface area (Å²) >= 11 is 0. The van der Waals surface area contributed by atoms with Crippen molar-refractivity contribution in [3.63, 3.8) is 0 Å². The Bertz CT molecular complexity index is 203. The molecule has 3 nitrogen and oxygen atoms in total. The number of hydrogen-bond acceptors (Lipinski definition) is 3. The summed E-state index contributed by atoms with van der Waals surface area (Å²) in [5.74, 6) is -0.564. The van der Waals surface area contributed by atoms with E-state index in [-0.39, 0.29) is 11.6 Å². The zero-order valence-electron chi connectivity index (χ0n) is 9.30. The van der Waals surface area contributed by atoms with Crippen LogP contribution >= 0.6 is 0 Å². The van der Waals surface area contributed by atoms with Crippen LogP contribution in [0, 0.1) is 0 Å². The van der Waals surface area contributed by atoms with Crippen molar-refractivity contribution in [2.24, 2.45) is 0 Å². The van der Waals surface area contributed by atoms with Gasteiger partial charge in [0.05, 0.1) is 13.2 Å². The van der Waals surface area contributed by atoms with Gasteiger partial charge in [-0.1, -0.05) is 0 Å². The van der Waals surface area contributed by atoms with Gasteiger partial charge in [-0.2, -0.15) is 0 Å². The summed E-state index contributed by atoms with van der Waals surface area (Å²) in [5.41, 5.74) is 0. The van der Waals surface area contributed by atoms with Gasteiger partial charge in [0.15, 0.2) is 11.6 Å². The quantitative estimate of drug-likeness (QED) is 0.617. The number of ether oxygens (including phenoxy) is 3. The average molecular weight is 212 g/mol. The van der Waals surface area contributed by atoms with E-state index in [1.807, 2.05) is 0 Å². The lowest BCUT2D eigenvalue weighted by Gasteiger charge is -2.38. The molecule has 15 heavy (non-hydrogen) atoms. The summed E-state index contributed by atoms with van der Waals surface area (Å²) in [5, 5.41) is 0. The standard InChI is InChI=1S/C12H20O3/c1-3-9-13-11(5-1)7-8-12(15-11)6-2-4-10-14-12/h1-10H2/t11-,12+. The Labute approximate surface area is 91.1 Å². The highest BCUT2D eigenvalue weighted by atomic mass is 16.8. The Kier molecular flexibility index (Phi) is 2.49. The van der Waals surface area contributed by atoms with Gasteiger partial charge in [-0.25, -0.2) is 0 Å². The van der Waals surface area contributed by atoms with Gasteiger partial charge in [0.2, 0.25) is 0 Å². The predicted molar refractivity (Wildman–Crippen MR) is 55.4 cm³/mol.